The average Bonchev–Trinajstić information content (AvgIpc) is 3.27. The fourth-order valence-corrected chi connectivity index (χ4v) is 5.52. The highest BCUT2D eigenvalue weighted by atomic mass is 16.5. The molecule has 0 spiro atoms. The minimum atomic E-state index is -0.640. The minimum absolute atomic E-state index is 0.105. The summed E-state index contributed by atoms with van der Waals surface area (Å²) in [5, 5.41) is 8.29. The van der Waals surface area contributed by atoms with Gasteiger partial charge in [0, 0.05) is 37.7 Å². The number of amides is 5. The first-order chi connectivity index (χ1) is 18.9. The number of hydrogen-bond acceptors (Lipinski definition) is 6. The lowest BCUT2D eigenvalue weighted by molar-refractivity contribution is -0.136. The van der Waals surface area contributed by atoms with E-state index in [1.54, 1.807) is 6.07 Å². The molecule has 5 rings (SSSR count). The predicted molar refractivity (Wildman–Crippen MR) is 143 cm³/mol. The molecule has 2 aliphatic heterocycles. The summed E-state index contributed by atoms with van der Waals surface area (Å²) in [6.07, 6.45) is 4.26. The van der Waals surface area contributed by atoms with Gasteiger partial charge in [-0.15, -0.1) is 0 Å². The molecule has 206 valence electrons. The van der Waals surface area contributed by atoms with Gasteiger partial charge < -0.3 is 26.0 Å². The van der Waals surface area contributed by atoms with Crippen molar-refractivity contribution >= 4 is 23.8 Å². The zero-order chi connectivity index (χ0) is 27.4. The summed E-state index contributed by atoms with van der Waals surface area (Å²) in [5.74, 6) is -0.941. The van der Waals surface area contributed by atoms with Crippen molar-refractivity contribution in [2.75, 3.05) is 0 Å². The molecule has 39 heavy (non-hydrogen) atoms. The summed E-state index contributed by atoms with van der Waals surface area (Å²) in [6, 6.07) is 12.8. The first-order valence-corrected chi connectivity index (χ1v) is 13.6. The fraction of sp³-hybridized carbons (Fsp3) is 0.448. The Kier molecular flexibility index (Phi) is 8.23. The molecule has 2 heterocycles. The average molecular weight is 534 g/mol. The molecule has 2 aromatic rings. The third kappa shape index (κ3) is 6.46. The van der Waals surface area contributed by atoms with E-state index in [9.17, 15) is 19.2 Å². The molecular formula is C29H35N5O5. The number of nitrogens with zero attached hydrogens (tertiary/aromatic N) is 1. The molecule has 0 radical (unpaired) electrons. The lowest BCUT2D eigenvalue weighted by atomic mass is 9.93. The van der Waals surface area contributed by atoms with Crippen molar-refractivity contribution in [1.82, 2.24) is 20.9 Å². The minimum Gasteiger partial charge on any atom is -0.374 e. The third-order valence-electron chi connectivity index (χ3n) is 7.79. The molecule has 1 saturated heterocycles. The number of piperidine rings is 1. The van der Waals surface area contributed by atoms with Gasteiger partial charge in [0.2, 0.25) is 11.8 Å². The van der Waals surface area contributed by atoms with Crippen molar-refractivity contribution in [2.24, 2.45) is 5.73 Å². The van der Waals surface area contributed by atoms with Crippen molar-refractivity contribution in [3.8, 4) is 0 Å². The molecule has 0 aromatic heterocycles. The maximum Gasteiger partial charge on any atom is 0.315 e. The topological polar surface area (TPSA) is 143 Å². The Balaban J connectivity index is 1.04. The molecule has 5 N–H and O–H groups in total. The molecular weight excluding hydrogens is 498 g/mol. The van der Waals surface area contributed by atoms with E-state index in [-0.39, 0.29) is 36.4 Å². The molecule has 1 atom stereocenters. The van der Waals surface area contributed by atoms with Crippen LogP contribution in [0.5, 0.6) is 0 Å². The van der Waals surface area contributed by atoms with Crippen LogP contribution in [0.3, 0.4) is 0 Å². The van der Waals surface area contributed by atoms with Gasteiger partial charge in [-0.25, -0.2) is 4.79 Å². The van der Waals surface area contributed by atoms with Gasteiger partial charge in [-0.2, -0.15) is 0 Å². The summed E-state index contributed by atoms with van der Waals surface area (Å²) in [6.45, 7) is 1.75. The fourth-order valence-electron chi connectivity index (χ4n) is 5.52. The first-order valence-electron chi connectivity index (χ1n) is 13.6. The van der Waals surface area contributed by atoms with Crippen LogP contribution in [-0.4, -0.2) is 46.8 Å². The molecule has 3 aliphatic rings. The number of urea groups is 1. The van der Waals surface area contributed by atoms with Crippen molar-refractivity contribution in [3.63, 3.8) is 0 Å². The van der Waals surface area contributed by atoms with Gasteiger partial charge in [0.05, 0.1) is 12.7 Å². The van der Waals surface area contributed by atoms with Crippen LogP contribution in [0, 0.1) is 0 Å². The highest BCUT2D eigenvalue weighted by molar-refractivity contribution is 6.05. The summed E-state index contributed by atoms with van der Waals surface area (Å²) < 4.78 is 6.08. The van der Waals surface area contributed by atoms with E-state index >= 15 is 0 Å². The third-order valence-corrected chi connectivity index (χ3v) is 7.79. The molecule has 2 fully saturated rings. The molecule has 5 amide bonds. The van der Waals surface area contributed by atoms with Crippen LogP contribution in [0.25, 0.3) is 0 Å². The summed E-state index contributed by atoms with van der Waals surface area (Å²) in [7, 11) is 0. The second-order valence-electron chi connectivity index (χ2n) is 10.5. The number of rotatable bonds is 8. The van der Waals surface area contributed by atoms with E-state index in [1.165, 1.54) is 4.90 Å². The molecule has 0 bridgehead atoms. The predicted octanol–water partition coefficient (Wildman–Crippen LogP) is 2.23. The molecule has 1 unspecified atom stereocenters. The summed E-state index contributed by atoms with van der Waals surface area (Å²) in [4.78, 5) is 50.6. The second-order valence-corrected chi connectivity index (χ2v) is 10.5. The van der Waals surface area contributed by atoms with Crippen molar-refractivity contribution in [2.45, 2.75) is 83.0 Å². The standard InChI is InChI=1S/C29H35N5O5/c30-14-18-1-3-19(4-2-18)17-39-23-8-6-22(7-9-23)32-29(38)31-15-20-5-10-24-21(13-20)16-34(28(24)37)25-11-12-26(35)33-27(25)36/h1-5,10,13,22-23,25H,6-9,11-12,14-17,30H2,(H2,31,32,38)(H,33,35,36)/t22-,23-,25?. The Morgan fingerprint density at radius 2 is 1.69 bits per heavy atom. The second kappa shape index (κ2) is 12.0. The van der Waals surface area contributed by atoms with E-state index in [1.807, 2.05) is 36.4 Å². The summed E-state index contributed by atoms with van der Waals surface area (Å²) >= 11 is 0. The van der Waals surface area contributed by atoms with E-state index < -0.39 is 11.9 Å². The monoisotopic (exact) mass is 533 g/mol. The molecule has 10 heteroatoms. The van der Waals surface area contributed by atoms with Crippen LogP contribution in [0.1, 0.15) is 71.1 Å². The van der Waals surface area contributed by atoms with Crippen LogP contribution < -0.4 is 21.7 Å². The van der Waals surface area contributed by atoms with Gasteiger partial charge in [0.15, 0.2) is 0 Å². The van der Waals surface area contributed by atoms with E-state index in [4.69, 9.17) is 10.5 Å². The number of hydrogen-bond donors (Lipinski definition) is 4. The number of carbonyl (C=O) groups excluding carboxylic acids is 4. The number of benzene rings is 2. The molecule has 10 nitrogen and oxygen atoms in total. The Labute approximate surface area is 227 Å². The largest absolute Gasteiger partial charge is 0.374 e. The molecule has 1 aliphatic carbocycles. The Morgan fingerprint density at radius 3 is 2.41 bits per heavy atom. The molecule has 2 aromatic carbocycles. The molecule has 1 saturated carbocycles. The lowest BCUT2D eigenvalue weighted by Crippen LogP contribution is -2.52. The highest BCUT2D eigenvalue weighted by Crippen LogP contribution is 2.28. The zero-order valence-electron chi connectivity index (χ0n) is 21.9. The van der Waals surface area contributed by atoms with Gasteiger partial charge in [-0.05, 0) is 60.4 Å². The number of carbonyl (C=O) groups is 4. The number of ether oxygens (including phenoxy) is 1. The quantitative estimate of drug-likeness (QED) is 0.383. The Bertz CT molecular complexity index is 1240. The van der Waals surface area contributed by atoms with E-state index in [2.05, 4.69) is 16.0 Å². The van der Waals surface area contributed by atoms with Gasteiger partial charge in [0.1, 0.15) is 6.04 Å². The Hall–Kier alpha value is -3.76. The van der Waals surface area contributed by atoms with Crippen molar-refractivity contribution in [3.05, 3.63) is 70.3 Å². The maximum atomic E-state index is 12.9. The van der Waals surface area contributed by atoms with Crippen molar-refractivity contribution < 1.29 is 23.9 Å². The van der Waals surface area contributed by atoms with Crippen LogP contribution in [0.15, 0.2) is 42.5 Å². The lowest BCUT2D eigenvalue weighted by Gasteiger charge is -2.29. The van der Waals surface area contributed by atoms with Gasteiger partial charge in [-0.3, -0.25) is 19.7 Å². The van der Waals surface area contributed by atoms with Crippen LogP contribution in [-0.2, 0) is 40.6 Å². The first kappa shape index (κ1) is 26.8. The van der Waals surface area contributed by atoms with Gasteiger partial charge >= 0.3 is 6.03 Å². The van der Waals surface area contributed by atoms with Gasteiger partial charge in [-0.1, -0.05) is 36.4 Å². The maximum absolute atomic E-state index is 12.9. The number of imide groups is 1. The highest BCUT2D eigenvalue weighted by Gasteiger charge is 2.39. The van der Waals surface area contributed by atoms with E-state index in [0.717, 1.165) is 47.9 Å². The van der Waals surface area contributed by atoms with Crippen LogP contribution in [0.4, 0.5) is 4.79 Å². The normalized spacial score (nSPS) is 22.8. The van der Waals surface area contributed by atoms with Gasteiger partial charge in [0.25, 0.3) is 5.91 Å². The van der Waals surface area contributed by atoms with Crippen molar-refractivity contribution in [1.29, 1.82) is 0 Å². The number of nitrogens with two attached hydrogens (primary N) is 1. The number of nitrogens with one attached hydrogen (secondary N) is 3. The SMILES string of the molecule is NCc1ccc(CO[C@H]2CC[C@H](NC(=O)NCc3ccc4c(c3)CN(C3CCC(=O)NC3=O)C4=O)CC2)cc1. The van der Waals surface area contributed by atoms with E-state index in [0.29, 0.717) is 38.2 Å². The number of fused-ring (bicyclic) bond motifs is 1. The van der Waals surface area contributed by atoms with Crippen LogP contribution >= 0.6 is 0 Å². The van der Waals surface area contributed by atoms with Crippen LogP contribution in [0.2, 0.25) is 0 Å². The zero-order valence-corrected chi connectivity index (χ0v) is 21.9. The Morgan fingerprint density at radius 1 is 0.974 bits per heavy atom. The smallest absolute Gasteiger partial charge is 0.315 e. The summed E-state index contributed by atoms with van der Waals surface area (Å²) in [5.41, 5.74) is 10.1.